The first kappa shape index (κ1) is 10.3. The molecule has 1 atom stereocenters. The fraction of sp³-hybridized carbons (Fsp3) is 0.750. The molecular weight excluding hydrogens is 202 g/mol. The van der Waals surface area contributed by atoms with Gasteiger partial charge in [-0.15, -0.1) is 0 Å². The average molecular weight is 221 g/mol. The van der Waals surface area contributed by atoms with Gasteiger partial charge in [0.25, 0.3) is 0 Å². The summed E-state index contributed by atoms with van der Waals surface area (Å²) in [6.07, 6.45) is 4.98. The summed E-state index contributed by atoms with van der Waals surface area (Å²) in [6, 6.07) is 2.21. The van der Waals surface area contributed by atoms with Crippen molar-refractivity contribution in [3.8, 4) is 0 Å². The molecule has 3 heterocycles. The summed E-state index contributed by atoms with van der Waals surface area (Å²) in [7, 11) is 0. The summed E-state index contributed by atoms with van der Waals surface area (Å²) in [6.45, 7) is 3.13. The van der Waals surface area contributed by atoms with Crippen molar-refractivity contribution in [3.63, 3.8) is 0 Å². The fourth-order valence-electron chi connectivity index (χ4n) is 2.67. The third kappa shape index (κ3) is 1.99. The van der Waals surface area contributed by atoms with Crippen molar-refractivity contribution >= 4 is 0 Å². The minimum atomic E-state index is 0.267. The SMILES string of the molecule is c1c(C2CCNCC2)n[nH]c1C1CCCO1. The van der Waals surface area contributed by atoms with Gasteiger partial charge in [-0.1, -0.05) is 0 Å². The van der Waals surface area contributed by atoms with E-state index in [0.29, 0.717) is 5.92 Å². The number of nitrogens with one attached hydrogen (secondary N) is 2. The predicted molar refractivity (Wildman–Crippen MR) is 61.4 cm³/mol. The molecule has 1 aromatic rings. The Kier molecular flexibility index (Phi) is 2.93. The molecule has 4 nitrogen and oxygen atoms in total. The lowest BCUT2D eigenvalue weighted by molar-refractivity contribution is 0.108. The summed E-state index contributed by atoms with van der Waals surface area (Å²) in [4.78, 5) is 0. The Morgan fingerprint density at radius 2 is 2.12 bits per heavy atom. The van der Waals surface area contributed by atoms with Crippen LogP contribution in [0.2, 0.25) is 0 Å². The van der Waals surface area contributed by atoms with Crippen molar-refractivity contribution < 1.29 is 4.74 Å². The van der Waals surface area contributed by atoms with Gasteiger partial charge in [-0.25, -0.2) is 0 Å². The second-order valence-corrected chi connectivity index (χ2v) is 4.77. The maximum absolute atomic E-state index is 5.66. The highest BCUT2D eigenvalue weighted by Gasteiger charge is 2.23. The van der Waals surface area contributed by atoms with Crippen LogP contribution >= 0.6 is 0 Å². The Balaban J connectivity index is 1.71. The molecule has 2 fully saturated rings. The summed E-state index contributed by atoms with van der Waals surface area (Å²) in [5, 5.41) is 11.0. The molecule has 0 radical (unpaired) electrons. The monoisotopic (exact) mass is 221 g/mol. The van der Waals surface area contributed by atoms with Crippen LogP contribution in [-0.2, 0) is 4.74 Å². The standard InChI is InChI=1S/C12H19N3O/c1-2-12(16-7-1)11-8-10(14-15-11)9-3-5-13-6-4-9/h8-9,12-13H,1-7H2,(H,14,15). The summed E-state index contributed by atoms with van der Waals surface area (Å²) in [5.74, 6) is 0.632. The number of nitrogens with zero attached hydrogens (tertiary/aromatic N) is 1. The molecule has 4 heteroatoms. The first-order valence-electron chi connectivity index (χ1n) is 6.31. The number of H-pyrrole nitrogens is 1. The van der Waals surface area contributed by atoms with E-state index in [-0.39, 0.29) is 6.10 Å². The highest BCUT2D eigenvalue weighted by atomic mass is 16.5. The van der Waals surface area contributed by atoms with Crippen LogP contribution in [0.4, 0.5) is 0 Å². The number of hydrogen-bond donors (Lipinski definition) is 2. The second kappa shape index (κ2) is 4.55. The Hall–Kier alpha value is -0.870. The van der Waals surface area contributed by atoms with Crippen molar-refractivity contribution in [1.82, 2.24) is 15.5 Å². The molecule has 0 aromatic carbocycles. The van der Waals surface area contributed by atoms with Gasteiger partial charge in [0.1, 0.15) is 0 Å². The smallest absolute Gasteiger partial charge is 0.0989 e. The average Bonchev–Trinajstić information content (AvgIpc) is 3.01. The van der Waals surface area contributed by atoms with Gasteiger partial charge in [0.05, 0.1) is 17.5 Å². The quantitative estimate of drug-likeness (QED) is 0.799. The molecule has 88 valence electrons. The number of rotatable bonds is 2. The molecule has 2 aliphatic heterocycles. The van der Waals surface area contributed by atoms with E-state index in [1.807, 2.05) is 0 Å². The molecule has 1 unspecified atom stereocenters. The van der Waals surface area contributed by atoms with Gasteiger partial charge in [-0.05, 0) is 44.8 Å². The Labute approximate surface area is 95.8 Å². The summed E-state index contributed by atoms with van der Waals surface area (Å²) in [5.41, 5.74) is 2.40. The van der Waals surface area contributed by atoms with Crippen molar-refractivity contribution in [2.24, 2.45) is 0 Å². The Bertz CT molecular complexity index is 338. The third-order valence-corrected chi connectivity index (χ3v) is 3.65. The van der Waals surface area contributed by atoms with Crippen LogP contribution in [0.5, 0.6) is 0 Å². The number of aromatic nitrogens is 2. The molecular formula is C12H19N3O. The zero-order chi connectivity index (χ0) is 10.8. The molecule has 16 heavy (non-hydrogen) atoms. The van der Waals surface area contributed by atoms with E-state index in [9.17, 15) is 0 Å². The zero-order valence-corrected chi connectivity index (χ0v) is 9.54. The van der Waals surface area contributed by atoms with E-state index >= 15 is 0 Å². The normalized spacial score (nSPS) is 27.4. The fourth-order valence-corrected chi connectivity index (χ4v) is 2.67. The van der Waals surface area contributed by atoms with Gasteiger partial charge in [-0.3, -0.25) is 5.10 Å². The first-order chi connectivity index (χ1) is 7.93. The molecule has 2 saturated heterocycles. The number of hydrogen-bond acceptors (Lipinski definition) is 3. The van der Waals surface area contributed by atoms with Crippen LogP contribution in [0.15, 0.2) is 6.07 Å². The van der Waals surface area contributed by atoms with E-state index in [1.54, 1.807) is 0 Å². The molecule has 3 rings (SSSR count). The van der Waals surface area contributed by atoms with Gasteiger partial charge >= 0.3 is 0 Å². The van der Waals surface area contributed by atoms with Crippen LogP contribution < -0.4 is 5.32 Å². The minimum absolute atomic E-state index is 0.267. The molecule has 2 aliphatic rings. The van der Waals surface area contributed by atoms with Gasteiger partial charge < -0.3 is 10.1 Å². The number of piperidine rings is 1. The molecule has 0 bridgehead atoms. The molecule has 0 aliphatic carbocycles. The minimum Gasteiger partial charge on any atom is -0.372 e. The van der Waals surface area contributed by atoms with Gasteiger partial charge in [0.2, 0.25) is 0 Å². The van der Waals surface area contributed by atoms with Crippen LogP contribution in [-0.4, -0.2) is 29.9 Å². The Morgan fingerprint density at radius 1 is 1.25 bits per heavy atom. The summed E-state index contributed by atoms with van der Waals surface area (Å²) >= 11 is 0. The van der Waals surface area contributed by atoms with Crippen molar-refractivity contribution in [2.45, 2.75) is 37.7 Å². The van der Waals surface area contributed by atoms with Crippen LogP contribution in [0, 0.1) is 0 Å². The number of ether oxygens (including phenoxy) is 1. The van der Waals surface area contributed by atoms with Crippen molar-refractivity contribution in [3.05, 3.63) is 17.5 Å². The highest BCUT2D eigenvalue weighted by Crippen LogP contribution is 2.30. The molecule has 0 spiro atoms. The van der Waals surface area contributed by atoms with Crippen LogP contribution in [0.25, 0.3) is 0 Å². The van der Waals surface area contributed by atoms with Crippen molar-refractivity contribution in [2.75, 3.05) is 19.7 Å². The van der Waals surface area contributed by atoms with E-state index < -0.39 is 0 Å². The lowest BCUT2D eigenvalue weighted by atomic mass is 9.94. The van der Waals surface area contributed by atoms with Crippen LogP contribution in [0.3, 0.4) is 0 Å². The molecule has 0 saturated carbocycles. The van der Waals surface area contributed by atoms with Gasteiger partial charge in [0.15, 0.2) is 0 Å². The molecule has 1 aromatic heterocycles. The van der Waals surface area contributed by atoms with Crippen LogP contribution in [0.1, 0.15) is 49.1 Å². The van der Waals surface area contributed by atoms with E-state index in [0.717, 1.165) is 26.1 Å². The first-order valence-corrected chi connectivity index (χ1v) is 6.31. The topological polar surface area (TPSA) is 49.9 Å². The lowest BCUT2D eigenvalue weighted by Gasteiger charge is -2.20. The number of aromatic amines is 1. The highest BCUT2D eigenvalue weighted by molar-refractivity contribution is 5.16. The van der Waals surface area contributed by atoms with Crippen molar-refractivity contribution in [1.29, 1.82) is 0 Å². The predicted octanol–water partition coefficient (Wildman–Crippen LogP) is 1.73. The van der Waals surface area contributed by atoms with E-state index in [4.69, 9.17) is 4.74 Å². The largest absolute Gasteiger partial charge is 0.372 e. The van der Waals surface area contributed by atoms with Gasteiger partial charge in [-0.2, -0.15) is 5.10 Å². The molecule has 2 N–H and O–H groups in total. The third-order valence-electron chi connectivity index (χ3n) is 3.65. The molecule has 0 amide bonds. The summed E-state index contributed by atoms with van der Waals surface area (Å²) < 4.78 is 5.66. The maximum Gasteiger partial charge on any atom is 0.0989 e. The van der Waals surface area contributed by atoms with Gasteiger partial charge in [0, 0.05) is 12.5 Å². The maximum atomic E-state index is 5.66. The van der Waals surface area contributed by atoms with E-state index in [2.05, 4.69) is 21.6 Å². The second-order valence-electron chi connectivity index (χ2n) is 4.77. The lowest BCUT2D eigenvalue weighted by Crippen LogP contribution is -2.26. The zero-order valence-electron chi connectivity index (χ0n) is 9.54. The Morgan fingerprint density at radius 3 is 2.88 bits per heavy atom. The van der Waals surface area contributed by atoms with E-state index in [1.165, 1.54) is 30.7 Å².